The molecular formula is C19H32N4O2. The summed E-state index contributed by atoms with van der Waals surface area (Å²) in [6.07, 6.45) is 1.11. The molecule has 1 amide bonds. The number of hydrogen-bond donors (Lipinski definition) is 2. The number of aryl methyl sites for hydroxylation is 1. The van der Waals surface area contributed by atoms with Gasteiger partial charge in [0.15, 0.2) is 5.96 Å². The maximum atomic E-state index is 11.7. The molecule has 0 bridgehead atoms. The molecule has 0 radical (unpaired) electrons. The minimum Gasteiger partial charge on any atom is -0.490 e. The van der Waals surface area contributed by atoms with E-state index in [1.807, 2.05) is 19.1 Å². The second kappa shape index (κ2) is 10.6. The van der Waals surface area contributed by atoms with Crippen molar-refractivity contribution in [2.24, 2.45) is 4.99 Å². The Morgan fingerprint density at radius 3 is 2.60 bits per heavy atom. The standard InChI is InChI=1S/C19H32N4O2/c1-7-15(4)25-17-11-14(3)9-10-16(17)12-21-19(20-8-2)22-13-18(24)23(5)6/h9-11,15H,7-8,12-13H2,1-6H3,(H2,20,21,22). The van der Waals surface area contributed by atoms with Crippen LogP contribution in [0, 0.1) is 6.92 Å². The van der Waals surface area contributed by atoms with Gasteiger partial charge in [0.1, 0.15) is 5.75 Å². The van der Waals surface area contributed by atoms with E-state index in [0.717, 1.165) is 29.8 Å². The van der Waals surface area contributed by atoms with E-state index in [-0.39, 0.29) is 18.6 Å². The number of nitrogens with one attached hydrogen (secondary N) is 2. The van der Waals surface area contributed by atoms with Crippen molar-refractivity contribution in [3.05, 3.63) is 29.3 Å². The molecule has 1 aromatic carbocycles. The number of aliphatic imine (C=N–C) groups is 1. The minimum atomic E-state index is 0.00160. The summed E-state index contributed by atoms with van der Waals surface area (Å²) in [5.41, 5.74) is 2.19. The fourth-order valence-electron chi connectivity index (χ4n) is 2.03. The third-order valence-electron chi connectivity index (χ3n) is 3.78. The van der Waals surface area contributed by atoms with Gasteiger partial charge in [0.05, 0.1) is 19.2 Å². The molecule has 0 aromatic heterocycles. The lowest BCUT2D eigenvalue weighted by atomic mass is 10.1. The van der Waals surface area contributed by atoms with E-state index in [1.54, 1.807) is 19.0 Å². The van der Waals surface area contributed by atoms with Gasteiger partial charge >= 0.3 is 0 Å². The fourth-order valence-corrected chi connectivity index (χ4v) is 2.03. The van der Waals surface area contributed by atoms with Crippen LogP contribution in [-0.4, -0.2) is 50.1 Å². The lowest BCUT2D eigenvalue weighted by molar-refractivity contribution is -0.127. The molecule has 0 saturated carbocycles. The van der Waals surface area contributed by atoms with Crippen molar-refractivity contribution in [3.63, 3.8) is 0 Å². The van der Waals surface area contributed by atoms with E-state index in [0.29, 0.717) is 12.5 Å². The summed E-state index contributed by atoms with van der Waals surface area (Å²) in [6, 6.07) is 6.16. The van der Waals surface area contributed by atoms with Crippen LogP contribution in [-0.2, 0) is 11.3 Å². The molecule has 1 atom stereocenters. The number of guanidine groups is 1. The van der Waals surface area contributed by atoms with Gasteiger partial charge in [-0.15, -0.1) is 0 Å². The van der Waals surface area contributed by atoms with Crippen LogP contribution in [0.3, 0.4) is 0 Å². The molecule has 0 aliphatic heterocycles. The molecule has 0 aliphatic rings. The number of carbonyl (C=O) groups excluding carboxylic acids is 1. The first-order valence-corrected chi connectivity index (χ1v) is 8.85. The number of benzene rings is 1. The Balaban J connectivity index is 2.85. The molecule has 1 aromatic rings. The summed E-state index contributed by atoms with van der Waals surface area (Å²) in [4.78, 5) is 17.9. The first-order valence-electron chi connectivity index (χ1n) is 8.85. The van der Waals surface area contributed by atoms with Crippen LogP contribution in [0.25, 0.3) is 0 Å². The summed E-state index contributed by atoms with van der Waals surface area (Å²) >= 11 is 0. The zero-order chi connectivity index (χ0) is 18.8. The Morgan fingerprint density at radius 2 is 2.00 bits per heavy atom. The number of hydrogen-bond acceptors (Lipinski definition) is 3. The summed E-state index contributed by atoms with van der Waals surface area (Å²) in [7, 11) is 3.47. The average Bonchev–Trinajstić information content (AvgIpc) is 2.58. The van der Waals surface area contributed by atoms with Crippen LogP contribution in [0.4, 0.5) is 0 Å². The second-order valence-corrected chi connectivity index (χ2v) is 6.28. The van der Waals surface area contributed by atoms with Crippen molar-refractivity contribution in [1.29, 1.82) is 0 Å². The SMILES string of the molecule is CCNC(=NCc1ccc(C)cc1OC(C)CC)NCC(=O)N(C)C. The molecule has 140 valence electrons. The molecule has 1 rings (SSSR count). The van der Waals surface area contributed by atoms with Gasteiger partial charge in [-0.05, 0) is 38.8 Å². The van der Waals surface area contributed by atoms with Crippen molar-refractivity contribution >= 4 is 11.9 Å². The molecule has 1 unspecified atom stereocenters. The van der Waals surface area contributed by atoms with Crippen molar-refractivity contribution in [3.8, 4) is 5.75 Å². The topological polar surface area (TPSA) is 66.0 Å². The lowest BCUT2D eigenvalue weighted by Crippen LogP contribution is -2.42. The van der Waals surface area contributed by atoms with Gasteiger partial charge in [0.2, 0.25) is 5.91 Å². The van der Waals surface area contributed by atoms with Gasteiger partial charge in [-0.2, -0.15) is 0 Å². The lowest BCUT2D eigenvalue weighted by Gasteiger charge is -2.17. The van der Waals surface area contributed by atoms with E-state index in [4.69, 9.17) is 4.74 Å². The zero-order valence-corrected chi connectivity index (χ0v) is 16.3. The summed E-state index contributed by atoms with van der Waals surface area (Å²) in [5, 5.41) is 6.22. The van der Waals surface area contributed by atoms with E-state index in [9.17, 15) is 4.79 Å². The summed E-state index contributed by atoms with van der Waals surface area (Å²) in [6.45, 7) is 9.64. The molecule has 6 heteroatoms. The molecule has 25 heavy (non-hydrogen) atoms. The molecule has 0 fully saturated rings. The highest BCUT2D eigenvalue weighted by Crippen LogP contribution is 2.23. The number of nitrogens with zero attached hydrogens (tertiary/aromatic N) is 2. The normalized spacial score (nSPS) is 12.5. The van der Waals surface area contributed by atoms with E-state index < -0.39 is 0 Å². The highest BCUT2D eigenvalue weighted by atomic mass is 16.5. The van der Waals surface area contributed by atoms with Gasteiger partial charge in [-0.3, -0.25) is 4.79 Å². The number of ether oxygens (including phenoxy) is 1. The fraction of sp³-hybridized carbons (Fsp3) is 0.579. The zero-order valence-electron chi connectivity index (χ0n) is 16.3. The van der Waals surface area contributed by atoms with Crippen LogP contribution in [0.2, 0.25) is 0 Å². The molecular weight excluding hydrogens is 316 g/mol. The number of rotatable bonds is 8. The van der Waals surface area contributed by atoms with Crippen LogP contribution < -0.4 is 15.4 Å². The van der Waals surface area contributed by atoms with Crippen molar-refractivity contribution in [2.45, 2.75) is 46.8 Å². The second-order valence-electron chi connectivity index (χ2n) is 6.28. The highest BCUT2D eigenvalue weighted by Gasteiger charge is 2.09. The van der Waals surface area contributed by atoms with Gasteiger partial charge < -0.3 is 20.3 Å². The van der Waals surface area contributed by atoms with Crippen LogP contribution in [0.1, 0.15) is 38.3 Å². The Hall–Kier alpha value is -2.24. The van der Waals surface area contributed by atoms with Crippen molar-refractivity contribution in [1.82, 2.24) is 15.5 Å². The van der Waals surface area contributed by atoms with E-state index in [2.05, 4.69) is 42.5 Å². The van der Waals surface area contributed by atoms with Crippen LogP contribution in [0.5, 0.6) is 5.75 Å². The number of carbonyl (C=O) groups is 1. The largest absolute Gasteiger partial charge is 0.490 e. The molecule has 0 spiro atoms. The summed E-state index contributed by atoms with van der Waals surface area (Å²) in [5.74, 6) is 1.49. The Morgan fingerprint density at radius 1 is 1.28 bits per heavy atom. The molecule has 2 N–H and O–H groups in total. The predicted molar refractivity (Wildman–Crippen MR) is 103 cm³/mol. The van der Waals surface area contributed by atoms with Crippen molar-refractivity contribution < 1.29 is 9.53 Å². The number of amides is 1. The van der Waals surface area contributed by atoms with Crippen molar-refractivity contribution in [2.75, 3.05) is 27.2 Å². The van der Waals surface area contributed by atoms with Gasteiger partial charge in [0.25, 0.3) is 0 Å². The monoisotopic (exact) mass is 348 g/mol. The van der Waals surface area contributed by atoms with Gasteiger partial charge in [0, 0.05) is 26.2 Å². The first-order chi connectivity index (χ1) is 11.9. The molecule has 6 nitrogen and oxygen atoms in total. The minimum absolute atomic E-state index is 0.00160. The van der Waals surface area contributed by atoms with E-state index >= 15 is 0 Å². The van der Waals surface area contributed by atoms with Crippen LogP contribution in [0.15, 0.2) is 23.2 Å². The highest BCUT2D eigenvalue weighted by molar-refractivity contribution is 5.86. The van der Waals surface area contributed by atoms with E-state index in [1.165, 1.54) is 0 Å². The number of likely N-dealkylation sites (N-methyl/N-ethyl adjacent to an activating group) is 1. The average molecular weight is 348 g/mol. The molecule has 0 heterocycles. The molecule has 0 saturated heterocycles. The maximum absolute atomic E-state index is 11.7. The first kappa shape index (κ1) is 20.8. The Labute approximate surface area is 151 Å². The third-order valence-corrected chi connectivity index (χ3v) is 3.78. The van der Waals surface area contributed by atoms with Gasteiger partial charge in [-0.1, -0.05) is 19.1 Å². The van der Waals surface area contributed by atoms with Gasteiger partial charge in [-0.25, -0.2) is 4.99 Å². The predicted octanol–water partition coefficient (Wildman–Crippen LogP) is 2.32. The maximum Gasteiger partial charge on any atom is 0.241 e. The smallest absolute Gasteiger partial charge is 0.241 e. The summed E-state index contributed by atoms with van der Waals surface area (Å²) < 4.78 is 6.03. The quantitative estimate of drug-likeness (QED) is 0.559. The Kier molecular flexibility index (Phi) is 8.81. The third kappa shape index (κ3) is 7.45. The van der Waals surface area contributed by atoms with Crippen LogP contribution >= 0.6 is 0 Å². The Bertz CT molecular complexity index is 585. The molecule has 0 aliphatic carbocycles.